The van der Waals surface area contributed by atoms with Crippen LogP contribution in [0.15, 0.2) is 24.3 Å². The minimum Gasteiger partial charge on any atom is -0.491 e. The molecule has 17 heavy (non-hydrogen) atoms. The lowest BCUT2D eigenvalue weighted by Crippen LogP contribution is -2.05. The van der Waals surface area contributed by atoms with E-state index in [4.69, 9.17) is 10.5 Å². The van der Waals surface area contributed by atoms with Crippen LogP contribution < -0.4 is 10.5 Å². The number of anilines is 1. The summed E-state index contributed by atoms with van der Waals surface area (Å²) in [6.07, 6.45) is 5.73. The molecule has 1 aliphatic carbocycles. The van der Waals surface area contributed by atoms with Crippen LogP contribution in [0.3, 0.4) is 0 Å². The Balaban J connectivity index is 1.58. The number of hydrogen-bond acceptors (Lipinski definition) is 3. The molecule has 2 nitrogen and oxygen atoms in total. The van der Waals surface area contributed by atoms with Crippen molar-refractivity contribution >= 4 is 17.4 Å². The maximum absolute atomic E-state index is 5.80. The average Bonchev–Trinajstić information content (AvgIpc) is 2.84. The van der Waals surface area contributed by atoms with E-state index in [0.717, 1.165) is 29.7 Å². The third kappa shape index (κ3) is 4.15. The summed E-state index contributed by atoms with van der Waals surface area (Å²) < 4.78 is 5.66. The number of rotatable bonds is 6. The lowest BCUT2D eigenvalue weighted by Gasteiger charge is -2.10. The third-order valence-electron chi connectivity index (χ3n) is 3.23. The monoisotopic (exact) mass is 251 g/mol. The minimum atomic E-state index is 0.730. The standard InChI is InChI=1S/C14H21NOS/c15-13-7-3-4-8-14(13)16-9-10-17-11-12-5-1-2-6-12/h3-4,7-8,12H,1-2,5-6,9-11,15H2. The van der Waals surface area contributed by atoms with E-state index >= 15 is 0 Å². The normalized spacial score (nSPS) is 16.2. The quantitative estimate of drug-likeness (QED) is 0.620. The summed E-state index contributed by atoms with van der Waals surface area (Å²) in [7, 11) is 0. The fraction of sp³-hybridized carbons (Fsp3) is 0.571. The number of benzene rings is 1. The Morgan fingerprint density at radius 3 is 2.76 bits per heavy atom. The lowest BCUT2D eigenvalue weighted by molar-refractivity contribution is 0.345. The summed E-state index contributed by atoms with van der Waals surface area (Å²) in [5, 5.41) is 0. The van der Waals surface area contributed by atoms with E-state index in [1.54, 1.807) is 0 Å². The molecule has 0 heterocycles. The highest BCUT2D eigenvalue weighted by Gasteiger charge is 2.14. The number of nitrogen functional groups attached to an aromatic ring is 1. The zero-order chi connectivity index (χ0) is 11.9. The molecule has 1 aromatic rings. The summed E-state index contributed by atoms with van der Waals surface area (Å²) in [5.41, 5.74) is 6.53. The molecule has 3 heteroatoms. The van der Waals surface area contributed by atoms with Crippen molar-refractivity contribution in [1.82, 2.24) is 0 Å². The zero-order valence-electron chi connectivity index (χ0n) is 10.2. The topological polar surface area (TPSA) is 35.2 Å². The average molecular weight is 251 g/mol. The van der Waals surface area contributed by atoms with Gasteiger partial charge in [0.25, 0.3) is 0 Å². The Labute approximate surface area is 108 Å². The second-order valence-electron chi connectivity index (χ2n) is 4.61. The SMILES string of the molecule is Nc1ccccc1OCCSCC1CCCC1. The minimum absolute atomic E-state index is 0.730. The molecular formula is C14H21NOS. The van der Waals surface area contributed by atoms with Gasteiger partial charge in [0.1, 0.15) is 5.75 Å². The summed E-state index contributed by atoms with van der Waals surface area (Å²) >= 11 is 2.01. The Morgan fingerprint density at radius 2 is 2.00 bits per heavy atom. The Kier molecular flexibility index (Phi) is 5.05. The summed E-state index contributed by atoms with van der Waals surface area (Å²) in [6, 6.07) is 7.69. The van der Waals surface area contributed by atoms with Gasteiger partial charge in [-0.2, -0.15) is 11.8 Å². The highest BCUT2D eigenvalue weighted by molar-refractivity contribution is 7.99. The van der Waals surface area contributed by atoms with Crippen LogP contribution in [-0.2, 0) is 0 Å². The van der Waals surface area contributed by atoms with Crippen LogP contribution in [0.4, 0.5) is 5.69 Å². The van der Waals surface area contributed by atoms with Crippen molar-refractivity contribution in [2.24, 2.45) is 5.92 Å². The van der Waals surface area contributed by atoms with E-state index in [-0.39, 0.29) is 0 Å². The molecule has 0 aliphatic heterocycles. The molecule has 0 amide bonds. The molecule has 0 radical (unpaired) electrons. The van der Waals surface area contributed by atoms with Crippen LogP contribution in [0.2, 0.25) is 0 Å². The van der Waals surface area contributed by atoms with Crippen molar-refractivity contribution in [2.75, 3.05) is 23.8 Å². The largest absolute Gasteiger partial charge is 0.491 e. The van der Waals surface area contributed by atoms with Crippen molar-refractivity contribution in [3.8, 4) is 5.75 Å². The van der Waals surface area contributed by atoms with E-state index in [0.29, 0.717) is 0 Å². The third-order valence-corrected chi connectivity index (χ3v) is 4.39. The molecule has 0 bridgehead atoms. The van der Waals surface area contributed by atoms with E-state index in [2.05, 4.69) is 0 Å². The van der Waals surface area contributed by atoms with Crippen molar-refractivity contribution in [3.63, 3.8) is 0 Å². The number of thioether (sulfide) groups is 1. The van der Waals surface area contributed by atoms with Gasteiger partial charge < -0.3 is 10.5 Å². The van der Waals surface area contributed by atoms with Crippen molar-refractivity contribution in [2.45, 2.75) is 25.7 Å². The van der Waals surface area contributed by atoms with Gasteiger partial charge in [-0.05, 0) is 36.6 Å². The van der Waals surface area contributed by atoms with Crippen LogP contribution in [0.1, 0.15) is 25.7 Å². The first-order valence-corrected chi connectivity index (χ1v) is 7.57. The molecule has 1 aliphatic rings. The van der Waals surface area contributed by atoms with Gasteiger partial charge >= 0.3 is 0 Å². The maximum atomic E-state index is 5.80. The fourth-order valence-corrected chi connectivity index (χ4v) is 3.28. The van der Waals surface area contributed by atoms with E-state index in [9.17, 15) is 0 Å². The number of hydrogen-bond donors (Lipinski definition) is 1. The molecular weight excluding hydrogens is 230 g/mol. The highest BCUT2D eigenvalue weighted by atomic mass is 32.2. The Morgan fingerprint density at radius 1 is 1.24 bits per heavy atom. The second-order valence-corrected chi connectivity index (χ2v) is 5.76. The van der Waals surface area contributed by atoms with Crippen LogP contribution in [0.5, 0.6) is 5.75 Å². The van der Waals surface area contributed by atoms with Gasteiger partial charge in [0.05, 0.1) is 12.3 Å². The first kappa shape index (κ1) is 12.6. The van der Waals surface area contributed by atoms with Gasteiger partial charge in [-0.1, -0.05) is 25.0 Å². The van der Waals surface area contributed by atoms with Gasteiger partial charge in [0.2, 0.25) is 0 Å². The number of ether oxygens (including phenoxy) is 1. The van der Waals surface area contributed by atoms with Gasteiger partial charge in [0, 0.05) is 5.75 Å². The highest BCUT2D eigenvalue weighted by Crippen LogP contribution is 2.28. The van der Waals surface area contributed by atoms with Gasteiger partial charge in [-0.25, -0.2) is 0 Å². The fourth-order valence-electron chi connectivity index (χ4n) is 2.25. The Hall–Kier alpha value is -0.830. The first-order chi connectivity index (χ1) is 8.36. The van der Waals surface area contributed by atoms with Crippen molar-refractivity contribution in [1.29, 1.82) is 0 Å². The van der Waals surface area contributed by atoms with Crippen molar-refractivity contribution < 1.29 is 4.74 Å². The lowest BCUT2D eigenvalue weighted by atomic mass is 10.1. The van der Waals surface area contributed by atoms with Crippen LogP contribution in [0, 0.1) is 5.92 Å². The molecule has 0 atom stereocenters. The molecule has 0 saturated heterocycles. The molecule has 2 N–H and O–H groups in total. The summed E-state index contributed by atoms with van der Waals surface area (Å²) in [5.74, 6) is 4.13. The van der Waals surface area contributed by atoms with E-state index in [1.807, 2.05) is 36.0 Å². The second kappa shape index (κ2) is 6.80. The predicted octanol–water partition coefficient (Wildman–Crippen LogP) is 3.57. The van der Waals surface area contributed by atoms with Gasteiger partial charge in [-0.3, -0.25) is 0 Å². The first-order valence-electron chi connectivity index (χ1n) is 6.41. The zero-order valence-corrected chi connectivity index (χ0v) is 11.0. The smallest absolute Gasteiger partial charge is 0.142 e. The van der Waals surface area contributed by atoms with Crippen LogP contribution in [0.25, 0.3) is 0 Å². The molecule has 2 rings (SSSR count). The van der Waals surface area contributed by atoms with Crippen LogP contribution in [-0.4, -0.2) is 18.1 Å². The summed E-state index contributed by atoms with van der Waals surface area (Å²) in [6.45, 7) is 0.756. The van der Waals surface area contributed by atoms with Gasteiger partial charge in [-0.15, -0.1) is 0 Å². The molecule has 94 valence electrons. The molecule has 0 aromatic heterocycles. The summed E-state index contributed by atoms with van der Waals surface area (Å²) in [4.78, 5) is 0. The molecule has 0 spiro atoms. The number of nitrogens with two attached hydrogens (primary N) is 1. The maximum Gasteiger partial charge on any atom is 0.142 e. The van der Waals surface area contributed by atoms with Crippen molar-refractivity contribution in [3.05, 3.63) is 24.3 Å². The predicted molar refractivity (Wildman–Crippen MR) is 75.6 cm³/mol. The number of para-hydroxylation sites is 2. The van der Waals surface area contributed by atoms with Gasteiger partial charge in [0.15, 0.2) is 0 Å². The molecule has 1 saturated carbocycles. The van der Waals surface area contributed by atoms with Crippen LogP contribution >= 0.6 is 11.8 Å². The van der Waals surface area contributed by atoms with E-state index < -0.39 is 0 Å². The molecule has 0 unspecified atom stereocenters. The van der Waals surface area contributed by atoms with E-state index in [1.165, 1.54) is 31.4 Å². The molecule has 1 fully saturated rings. The Bertz CT molecular complexity index is 337. The molecule has 1 aromatic carbocycles.